The van der Waals surface area contributed by atoms with Gasteiger partial charge in [-0.2, -0.15) is 5.26 Å². The maximum absolute atomic E-state index is 11.2. The molecule has 0 spiro atoms. The first kappa shape index (κ1) is 14.9. The van der Waals surface area contributed by atoms with E-state index in [4.69, 9.17) is 5.26 Å². The number of ether oxygens (including phenoxy) is 1. The lowest BCUT2D eigenvalue weighted by atomic mass is 9.91. The first-order valence-corrected chi connectivity index (χ1v) is 5.65. The molecule has 0 aliphatic heterocycles. The summed E-state index contributed by atoms with van der Waals surface area (Å²) in [5, 5.41) is 8.90. The summed E-state index contributed by atoms with van der Waals surface area (Å²) < 4.78 is 4.64. The lowest BCUT2D eigenvalue weighted by molar-refractivity contribution is -0.142. The molecule has 4 nitrogen and oxygen atoms in total. The summed E-state index contributed by atoms with van der Waals surface area (Å²) in [5.74, 6) is -0.219. The Morgan fingerprint density at radius 1 is 1.44 bits per heavy atom. The second-order valence-corrected chi connectivity index (χ2v) is 4.60. The quantitative estimate of drug-likeness (QED) is 0.621. The SMILES string of the molecule is CCCN(CCC(C)(C)C#N)CC(=O)OC. The molecule has 0 aliphatic carbocycles. The van der Waals surface area contributed by atoms with Gasteiger partial charge in [-0.1, -0.05) is 6.92 Å². The van der Waals surface area contributed by atoms with E-state index in [1.54, 1.807) is 0 Å². The molecule has 0 saturated carbocycles. The molecule has 4 heteroatoms. The zero-order chi connectivity index (χ0) is 12.6. The summed E-state index contributed by atoms with van der Waals surface area (Å²) in [6.07, 6.45) is 1.75. The van der Waals surface area contributed by atoms with Crippen molar-refractivity contribution in [3.05, 3.63) is 0 Å². The Balaban J connectivity index is 4.14. The fraction of sp³-hybridized carbons (Fsp3) is 0.833. The van der Waals surface area contributed by atoms with Crippen LogP contribution < -0.4 is 0 Å². The Morgan fingerprint density at radius 2 is 2.06 bits per heavy atom. The Kier molecular flexibility index (Phi) is 6.75. The van der Waals surface area contributed by atoms with E-state index >= 15 is 0 Å². The van der Waals surface area contributed by atoms with Crippen molar-refractivity contribution in [2.45, 2.75) is 33.6 Å². The van der Waals surface area contributed by atoms with Crippen LogP contribution in [0.1, 0.15) is 33.6 Å². The van der Waals surface area contributed by atoms with Crippen molar-refractivity contribution in [3.8, 4) is 6.07 Å². The minimum atomic E-state index is -0.331. The van der Waals surface area contributed by atoms with Crippen molar-refractivity contribution in [1.82, 2.24) is 4.90 Å². The number of carbonyl (C=O) groups excluding carboxylic acids is 1. The summed E-state index contributed by atoms with van der Waals surface area (Å²) in [6.45, 7) is 7.82. The van der Waals surface area contributed by atoms with E-state index in [9.17, 15) is 4.79 Å². The van der Waals surface area contributed by atoms with E-state index in [0.29, 0.717) is 6.54 Å². The molecule has 0 unspecified atom stereocenters. The second kappa shape index (κ2) is 7.24. The van der Waals surface area contributed by atoms with E-state index in [1.165, 1.54) is 7.11 Å². The highest BCUT2D eigenvalue weighted by molar-refractivity contribution is 5.71. The van der Waals surface area contributed by atoms with Crippen LogP contribution >= 0.6 is 0 Å². The molecule has 0 aromatic rings. The van der Waals surface area contributed by atoms with Crippen LogP contribution in [-0.2, 0) is 9.53 Å². The number of hydrogen-bond acceptors (Lipinski definition) is 4. The molecule has 0 saturated heterocycles. The summed E-state index contributed by atoms with van der Waals surface area (Å²) >= 11 is 0. The molecule has 0 aromatic carbocycles. The molecule has 0 amide bonds. The number of nitriles is 1. The smallest absolute Gasteiger partial charge is 0.319 e. The first-order chi connectivity index (χ1) is 7.45. The topological polar surface area (TPSA) is 53.3 Å². The van der Waals surface area contributed by atoms with Gasteiger partial charge in [0.2, 0.25) is 0 Å². The second-order valence-electron chi connectivity index (χ2n) is 4.60. The minimum Gasteiger partial charge on any atom is -0.468 e. The van der Waals surface area contributed by atoms with E-state index in [0.717, 1.165) is 25.9 Å². The third-order valence-corrected chi connectivity index (χ3v) is 2.48. The Bertz CT molecular complexity index is 256. The van der Waals surface area contributed by atoms with Gasteiger partial charge < -0.3 is 4.74 Å². The fourth-order valence-corrected chi connectivity index (χ4v) is 1.33. The third kappa shape index (κ3) is 6.41. The lowest BCUT2D eigenvalue weighted by Crippen LogP contribution is -2.34. The Hall–Kier alpha value is -1.08. The van der Waals surface area contributed by atoms with Crippen LogP contribution in [0.4, 0.5) is 0 Å². The highest BCUT2D eigenvalue weighted by Crippen LogP contribution is 2.18. The van der Waals surface area contributed by atoms with E-state index in [2.05, 4.69) is 17.7 Å². The summed E-state index contributed by atoms with van der Waals surface area (Å²) in [4.78, 5) is 13.2. The van der Waals surface area contributed by atoms with Gasteiger partial charge in [-0.3, -0.25) is 9.69 Å². The van der Waals surface area contributed by atoms with Crippen LogP contribution in [0.25, 0.3) is 0 Å². The maximum Gasteiger partial charge on any atom is 0.319 e. The van der Waals surface area contributed by atoms with Crippen LogP contribution in [0.3, 0.4) is 0 Å². The number of carbonyl (C=O) groups is 1. The molecular weight excluding hydrogens is 204 g/mol. The molecule has 92 valence electrons. The average Bonchev–Trinajstić information content (AvgIpc) is 2.26. The van der Waals surface area contributed by atoms with Gasteiger partial charge in [-0.25, -0.2) is 0 Å². The molecule has 0 fully saturated rings. The van der Waals surface area contributed by atoms with Gasteiger partial charge in [-0.05, 0) is 33.2 Å². The summed E-state index contributed by atoms with van der Waals surface area (Å²) in [6, 6.07) is 2.26. The van der Waals surface area contributed by atoms with Crippen molar-refractivity contribution < 1.29 is 9.53 Å². The van der Waals surface area contributed by atoms with Crippen molar-refractivity contribution in [1.29, 1.82) is 5.26 Å². The normalized spacial score (nSPS) is 11.2. The van der Waals surface area contributed by atoms with Crippen LogP contribution in [0, 0.1) is 16.7 Å². The molecule has 0 bridgehead atoms. The molecule has 0 aliphatic rings. The lowest BCUT2D eigenvalue weighted by Gasteiger charge is -2.23. The van der Waals surface area contributed by atoms with E-state index in [-0.39, 0.29) is 11.4 Å². The van der Waals surface area contributed by atoms with Gasteiger partial charge in [0.15, 0.2) is 0 Å². The number of methoxy groups -OCH3 is 1. The van der Waals surface area contributed by atoms with Crippen LogP contribution in [-0.4, -0.2) is 37.6 Å². The molecule has 0 N–H and O–H groups in total. The van der Waals surface area contributed by atoms with Crippen LogP contribution in [0.15, 0.2) is 0 Å². The molecule has 0 atom stereocenters. The highest BCUT2D eigenvalue weighted by Gasteiger charge is 2.19. The molecule has 0 rings (SSSR count). The average molecular weight is 226 g/mol. The van der Waals surface area contributed by atoms with Gasteiger partial charge >= 0.3 is 5.97 Å². The van der Waals surface area contributed by atoms with Gasteiger partial charge in [0.25, 0.3) is 0 Å². The number of hydrogen-bond donors (Lipinski definition) is 0. The molecule has 0 aromatic heterocycles. The Labute approximate surface area is 98.2 Å². The zero-order valence-corrected chi connectivity index (χ0v) is 10.7. The first-order valence-electron chi connectivity index (χ1n) is 5.65. The maximum atomic E-state index is 11.2. The molecule has 16 heavy (non-hydrogen) atoms. The number of rotatable bonds is 7. The van der Waals surface area contributed by atoms with Crippen LogP contribution in [0.2, 0.25) is 0 Å². The van der Waals surface area contributed by atoms with Crippen LogP contribution in [0.5, 0.6) is 0 Å². The zero-order valence-electron chi connectivity index (χ0n) is 10.7. The largest absolute Gasteiger partial charge is 0.468 e. The van der Waals surface area contributed by atoms with E-state index < -0.39 is 0 Å². The van der Waals surface area contributed by atoms with Gasteiger partial charge in [0, 0.05) is 6.54 Å². The minimum absolute atomic E-state index is 0.219. The fourth-order valence-electron chi connectivity index (χ4n) is 1.33. The van der Waals surface area contributed by atoms with Crippen molar-refractivity contribution >= 4 is 5.97 Å². The molecule has 0 radical (unpaired) electrons. The van der Waals surface area contributed by atoms with Crippen molar-refractivity contribution in [2.75, 3.05) is 26.7 Å². The standard InChI is InChI=1S/C12H22N2O2/c1-5-7-14(9-11(15)16-4)8-6-12(2,3)10-13/h5-9H2,1-4H3. The highest BCUT2D eigenvalue weighted by atomic mass is 16.5. The predicted octanol–water partition coefficient (Wildman–Crippen LogP) is 1.81. The molecular formula is C12H22N2O2. The summed E-state index contributed by atoms with van der Waals surface area (Å²) in [7, 11) is 1.39. The third-order valence-electron chi connectivity index (χ3n) is 2.48. The Morgan fingerprint density at radius 3 is 2.50 bits per heavy atom. The van der Waals surface area contributed by atoms with Gasteiger partial charge in [-0.15, -0.1) is 0 Å². The molecule has 0 heterocycles. The monoisotopic (exact) mass is 226 g/mol. The summed E-state index contributed by atoms with van der Waals surface area (Å²) in [5.41, 5.74) is -0.331. The van der Waals surface area contributed by atoms with Crippen molar-refractivity contribution in [2.24, 2.45) is 5.41 Å². The number of nitrogens with zero attached hydrogens (tertiary/aromatic N) is 2. The van der Waals surface area contributed by atoms with Gasteiger partial charge in [0.05, 0.1) is 25.1 Å². The van der Waals surface area contributed by atoms with Gasteiger partial charge in [0.1, 0.15) is 0 Å². The van der Waals surface area contributed by atoms with Crippen molar-refractivity contribution in [3.63, 3.8) is 0 Å². The van der Waals surface area contributed by atoms with E-state index in [1.807, 2.05) is 18.7 Å². The predicted molar refractivity (Wildman–Crippen MR) is 62.8 cm³/mol. The number of esters is 1.